The molecule has 0 saturated carbocycles. The predicted molar refractivity (Wildman–Crippen MR) is 70.6 cm³/mol. The molecule has 5 nitrogen and oxygen atoms in total. The Bertz CT molecular complexity index is 417. The highest BCUT2D eigenvalue weighted by molar-refractivity contribution is 5.94. The second-order valence-electron chi connectivity index (χ2n) is 4.18. The van der Waals surface area contributed by atoms with E-state index in [1.54, 1.807) is 31.2 Å². The van der Waals surface area contributed by atoms with Gasteiger partial charge in [0.25, 0.3) is 5.91 Å². The van der Waals surface area contributed by atoms with Crippen LogP contribution in [0.4, 0.5) is 0 Å². The maximum Gasteiger partial charge on any atom is 0.313 e. The third-order valence-electron chi connectivity index (χ3n) is 2.69. The number of aliphatic hydroxyl groups excluding tert-OH is 1. The summed E-state index contributed by atoms with van der Waals surface area (Å²) in [7, 11) is 0. The van der Waals surface area contributed by atoms with Crippen molar-refractivity contribution in [3.63, 3.8) is 0 Å². The first-order valence-electron chi connectivity index (χ1n) is 6.24. The van der Waals surface area contributed by atoms with Crippen LogP contribution in [0.3, 0.4) is 0 Å². The molecule has 0 bridgehead atoms. The third-order valence-corrected chi connectivity index (χ3v) is 2.69. The lowest BCUT2D eigenvalue weighted by Gasteiger charge is -2.18. The molecule has 0 aliphatic heterocycles. The summed E-state index contributed by atoms with van der Waals surface area (Å²) in [5, 5.41) is 12.2. The van der Waals surface area contributed by atoms with E-state index in [1.807, 2.05) is 6.07 Å². The Labute approximate surface area is 112 Å². The molecule has 0 aromatic heterocycles. The van der Waals surface area contributed by atoms with Crippen molar-refractivity contribution in [3.8, 4) is 0 Å². The second-order valence-corrected chi connectivity index (χ2v) is 4.18. The Morgan fingerprint density at radius 3 is 2.47 bits per heavy atom. The number of carbonyl (C=O) groups excluding carboxylic acids is 2. The summed E-state index contributed by atoms with van der Waals surface area (Å²) in [5.41, 5.74) is 0.510. The third kappa shape index (κ3) is 4.71. The summed E-state index contributed by atoms with van der Waals surface area (Å²) in [4.78, 5) is 23.4. The molecule has 0 saturated heterocycles. The molecule has 1 rings (SSSR count). The van der Waals surface area contributed by atoms with Crippen LogP contribution in [-0.4, -0.2) is 36.2 Å². The molecule has 1 amide bonds. The standard InChI is InChI=1S/C14H19NO4/c1-3-19-14(18)12(10(2)16)9-15-13(17)11-7-5-4-6-8-11/h4-8,10,12,16H,3,9H2,1-2H3,(H,15,17). The molecule has 19 heavy (non-hydrogen) atoms. The quantitative estimate of drug-likeness (QED) is 0.752. The largest absolute Gasteiger partial charge is 0.466 e. The summed E-state index contributed by atoms with van der Waals surface area (Å²) in [6, 6.07) is 8.68. The fourth-order valence-electron chi connectivity index (χ4n) is 1.59. The molecule has 0 aliphatic carbocycles. The van der Waals surface area contributed by atoms with Crippen LogP contribution in [-0.2, 0) is 9.53 Å². The van der Waals surface area contributed by atoms with Gasteiger partial charge in [-0.25, -0.2) is 0 Å². The first-order chi connectivity index (χ1) is 9.06. The molecule has 0 fully saturated rings. The minimum absolute atomic E-state index is 0.0459. The smallest absolute Gasteiger partial charge is 0.313 e. The Morgan fingerprint density at radius 1 is 1.32 bits per heavy atom. The minimum atomic E-state index is -0.880. The van der Waals surface area contributed by atoms with Gasteiger partial charge in [-0.2, -0.15) is 0 Å². The van der Waals surface area contributed by atoms with Gasteiger partial charge in [-0.15, -0.1) is 0 Å². The van der Waals surface area contributed by atoms with Gasteiger partial charge in [-0.05, 0) is 26.0 Å². The Kier molecular flexibility index (Phi) is 6.02. The fraction of sp³-hybridized carbons (Fsp3) is 0.429. The molecule has 5 heteroatoms. The van der Waals surface area contributed by atoms with E-state index in [4.69, 9.17) is 4.74 Å². The lowest BCUT2D eigenvalue weighted by atomic mass is 10.0. The predicted octanol–water partition coefficient (Wildman–Crippen LogP) is 0.976. The molecule has 1 aromatic rings. The van der Waals surface area contributed by atoms with E-state index >= 15 is 0 Å². The Morgan fingerprint density at radius 2 is 1.95 bits per heavy atom. The van der Waals surface area contributed by atoms with Crippen LogP contribution in [0.25, 0.3) is 0 Å². The van der Waals surface area contributed by atoms with Crippen LogP contribution in [0, 0.1) is 5.92 Å². The van der Waals surface area contributed by atoms with E-state index in [1.165, 1.54) is 6.92 Å². The highest BCUT2D eigenvalue weighted by Gasteiger charge is 2.25. The topological polar surface area (TPSA) is 75.6 Å². The number of rotatable bonds is 6. The highest BCUT2D eigenvalue weighted by atomic mass is 16.5. The van der Waals surface area contributed by atoms with E-state index in [-0.39, 0.29) is 19.1 Å². The SMILES string of the molecule is CCOC(=O)C(CNC(=O)c1ccccc1)C(C)O. The maximum atomic E-state index is 11.8. The fourth-order valence-corrected chi connectivity index (χ4v) is 1.59. The average molecular weight is 265 g/mol. The van der Waals surface area contributed by atoms with Gasteiger partial charge in [0.2, 0.25) is 0 Å². The first kappa shape index (κ1) is 15.2. The molecular weight excluding hydrogens is 246 g/mol. The first-order valence-corrected chi connectivity index (χ1v) is 6.24. The molecule has 0 radical (unpaired) electrons. The van der Waals surface area contributed by atoms with E-state index in [9.17, 15) is 14.7 Å². The van der Waals surface area contributed by atoms with Gasteiger partial charge < -0.3 is 15.2 Å². The summed E-state index contributed by atoms with van der Waals surface area (Å²) in [6.07, 6.45) is -0.880. The number of ether oxygens (including phenoxy) is 1. The average Bonchev–Trinajstić information content (AvgIpc) is 2.39. The van der Waals surface area contributed by atoms with E-state index in [2.05, 4.69) is 5.32 Å². The van der Waals surface area contributed by atoms with Gasteiger partial charge in [0, 0.05) is 12.1 Å². The minimum Gasteiger partial charge on any atom is -0.466 e. The number of benzene rings is 1. The van der Waals surface area contributed by atoms with Crippen molar-refractivity contribution in [2.24, 2.45) is 5.92 Å². The molecular formula is C14H19NO4. The van der Waals surface area contributed by atoms with Crippen molar-refractivity contribution in [1.29, 1.82) is 0 Å². The van der Waals surface area contributed by atoms with Gasteiger partial charge in [-0.3, -0.25) is 9.59 Å². The van der Waals surface area contributed by atoms with Crippen LogP contribution in [0.15, 0.2) is 30.3 Å². The number of hydrogen-bond donors (Lipinski definition) is 2. The molecule has 2 unspecified atom stereocenters. The summed E-state index contributed by atoms with van der Waals surface area (Å²) in [6.45, 7) is 3.48. The highest BCUT2D eigenvalue weighted by Crippen LogP contribution is 2.06. The monoisotopic (exact) mass is 265 g/mol. The number of amides is 1. The van der Waals surface area contributed by atoms with Gasteiger partial charge in [-0.1, -0.05) is 18.2 Å². The van der Waals surface area contributed by atoms with Crippen molar-refractivity contribution in [1.82, 2.24) is 5.32 Å². The van der Waals surface area contributed by atoms with Gasteiger partial charge in [0.15, 0.2) is 0 Å². The van der Waals surface area contributed by atoms with Crippen molar-refractivity contribution < 1.29 is 19.4 Å². The zero-order chi connectivity index (χ0) is 14.3. The summed E-state index contributed by atoms with van der Waals surface area (Å²) >= 11 is 0. The van der Waals surface area contributed by atoms with Crippen LogP contribution >= 0.6 is 0 Å². The van der Waals surface area contributed by atoms with E-state index in [0.717, 1.165) is 0 Å². The summed E-state index contributed by atoms with van der Waals surface area (Å²) in [5.74, 6) is -1.55. The second kappa shape index (κ2) is 7.53. The zero-order valence-corrected chi connectivity index (χ0v) is 11.1. The molecule has 0 spiro atoms. The lowest BCUT2D eigenvalue weighted by molar-refractivity contribution is -0.151. The lowest BCUT2D eigenvalue weighted by Crippen LogP contribution is -2.39. The van der Waals surface area contributed by atoms with E-state index < -0.39 is 18.0 Å². The van der Waals surface area contributed by atoms with Crippen molar-refractivity contribution >= 4 is 11.9 Å². The number of hydrogen-bond acceptors (Lipinski definition) is 4. The Hall–Kier alpha value is -1.88. The molecule has 0 aliphatic rings. The van der Waals surface area contributed by atoms with Crippen LogP contribution in [0.5, 0.6) is 0 Å². The van der Waals surface area contributed by atoms with Crippen molar-refractivity contribution in [3.05, 3.63) is 35.9 Å². The number of aliphatic hydroxyl groups is 1. The molecule has 0 heterocycles. The molecule has 2 N–H and O–H groups in total. The maximum absolute atomic E-state index is 11.8. The van der Waals surface area contributed by atoms with Gasteiger partial charge >= 0.3 is 5.97 Å². The molecule has 1 aromatic carbocycles. The zero-order valence-electron chi connectivity index (χ0n) is 11.1. The number of carbonyl (C=O) groups is 2. The molecule has 2 atom stereocenters. The van der Waals surface area contributed by atoms with Crippen LogP contribution in [0.2, 0.25) is 0 Å². The summed E-state index contributed by atoms with van der Waals surface area (Å²) < 4.78 is 4.85. The van der Waals surface area contributed by atoms with Gasteiger partial charge in [0.1, 0.15) is 0 Å². The Balaban J connectivity index is 2.57. The normalized spacial score (nSPS) is 13.4. The van der Waals surface area contributed by atoms with Crippen LogP contribution in [0.1, 0.15) is 24.2 Å². The van der Waals surface area contributed by atoms with Crippen LogP contribution < -0.4 is 5.32 Å². The molecule has 104 valence electrons. The van der Waals surface area contributed by atoms with Crippen molar-refractivity contribution in [2.45, 2.75) is 20.0 Å². The number of esters is 1. The van der Waals surface area contributed by atoms with Crippen molar-refractivity contribution in [2.75, 3.05) is 13.2 Å². The van der Waals surface area contributed by atoms with E-state index in [0.29, 0.717) is 5.56 Å². The van der Waals surface area contributed by atoms with Gasteiger partial charge in [0.05, 0.1) is 18.6 Å². The number of nitrogens with one attached hydrogen (secondary N) is 1.